The summed E-state index contributed by atoms with van der Waals surface area (Å²) in [6.07, 6.45) is 5.11. The van der Waals surface area contributed by atoms with E-state index in [-0.39, 0.29) is 30.3 Å². The second-order valence-corrected chi connectivity index (χ2v) is 8.18. The fourth-order valence-corrected chi connectivity index (χ4v) is 4.70. The maximum Gasteiger partial charge on any atom is 0.169 e. The van der Waals surface area contributed by atoms with E-state index in [1.807, 2.05) is 18.2 Å². The summed E-state index contributed by atoms with van der Waals surface area (Å²) in [5.41, 5.74) is 1.15. The van der Waals surface area contributed by atoms with Gasteiger partial charge in [-0.25, -0.2) is 0 Å². The Morgan fingerprint density at radius 2 is 1.81 bits per heavy atom. The molecule has 27 heavy (non-hydrogen) atoms. The van der Waals surface area contributed by atoms with Gasteiger partial charge in [-0.15, -0.1) is 0 Å². The lowest BCUT2D eigenvalue weighted by Crippen LogP contribution is -2.56. The Hall–Kier alpha value is -0.980. The predicted molar refractivity (Wildman–Crippen MR) is 101 cm³/mol. The topological polar surface area (TPSA) is 46.2 Å². The number of methoxy groups -OCH3 is 1. The molecule has 3 aliphatic rings. The second-order valence-electron chi connectivity index (χ2n) is 8.18. The van der Waals surface area contributed by atoms with Crippen molar-refractivity contribution in [2.75, 3.05) is 20.3 Å². The van der Waals surface area contributed by atoms with E-state index in [4.69, 9.17) is 23.7 Å². The van der Waals surface area contributed by atoms with Gasteiger partial charge in [0.2, 0.25) is 0 Å². The number of ether oxygens (including phenoxy) is 5. The van der Waals surface area contributed by atoms with Crippen molar-refractivity contribution in [2.45, 2.75) is 75.8 Å². The highest BCUT2D eigenvalue weighted by Crippen LogP contribution is 2.41. The van der Waals surface area contributed by atoms with Crippen LogP contribution in [-0.4, -0.2) is 50.5 Å². The zero-order chi connectivity index (χ0) is 18.7. The van der Waals surface area contributed by atoms with Crippen LogP contribution in [0.15, 0.2) is 30.3 Å². The quantitative estimate of drug-likeness (QED) is 0.784. The molecule has 3 fully saturated rings. The Labute approximate surface area is 162 Å². The van der Waals surface area contributed by atoms with Crippen molar-refractivity contribution in [1.82, 2.24) is 0 Å². The van der Waals surface area contributed by atoms with E-state index in [1.165, 1.54) is 19.3 Å². The van der Waals surface area contributed by atoms with Gasteiger partial charge in [0.25, 0.3) is 0 Å². The molecule has 0 unspecified atom stereocenters. The molecule has 5 atom stereocenters. The number of hydrogen-bond acceptors (Lipinski definition) is 5. The molecule has 0 aromatic heterocycles. The SMILES string of the molecule is CO[C@@H]1[C@@H](OCc2ccccc2)[C@H]([C@H]2COC3(CCCCC3)O2)OC[C@@H]1C. The lowest BCUT2D eigenvalue weighted by Gasteiger charge is -2.43. The molecule has 1 aromatic rings. The summed E-state index contributed by atoms with van der Waals surface area (Å²) in [5.74, 6) is -0.125. The third kappa shape index (κ3) is 4.22. The van der Waals surface area contributed by atoms with Crippen LogP contribution in [-0.2, 0) is 30.3 Å². The maximum absolute atomic E-state index is 6.46. The molecular weight excluding hydrogens is 344 g/mol. The zero-order valence-electron chi connectivity index (χ0n) is 16.5. The van der Waals surface area contributed by atoms with Crippen molar-refractivity contribution < 1.29 is 23.7 Å². The van der Waals surface area contributed by atoms with E-state index in [2.05, 4.69) is 19.1 Å². The van der Waals surface area contributed by atoms with Crippen LogP contribution >= 0.6 is 0 Å². The molecule has 1 aliphatic carbocycles. The first-order chi connectivity index (χ1) is 13.2. The monoisotopic (exact) mass is 376 g/mol. The van der Waals surface area contributed by atoms with Gasteiger partial charge in [-0.3, -0.25) is 0 Å². The molecule has 2 saturated heterocycles. The Morgan fingerprint density at radius 1 is 1.04 bits per heavy atom. The highest BCUT2D eigenvalue weighted by atomic mass is 16.8. The van der Waals surface area contributed by atoms with Gasteiger partial charge in [0, 0.05) is 25.9 Å². The third-order valence-corrected chi connectivity index (χ3v) is 6.18. The average Bonchev–Trinajstić information content (AvgIpc) is 3.10. The maximum atomic E-state index is 6.46. The van der Waals surface area contributed by atoms with Crippen LogP contribution in [0.5, 0.6) is 0 Å². The van der Waals surface area contributed by atoms with Crippen LogP contribution in [0.25, 0.3) is 0 Å². The van der Waals surface area contributed by atoms with Gasteiger partial charge < -0.3 is 23.7 Å². The van der Waals surface area contributed by atoms with Gasteiger partial charge in [-0.2, -0.15) is 0 Å². The van der Waals surface area contributed by atoms with E-state index in [1.54, 1.807) is 7.11 Å². The Balaban J connectivity index is 1.47. The summed E-state index contributed by atoms with van der Waals surface area (Å²) in [4.78, 5) is 0. The van der Waals surface area contributed by atoms with Crippen LogP contribution in [0.2, 0.25) is 0 Å². The predicted octanol–water partition coefficient (Wildman–Crippen LogP) is 3.70. The Morgan fingerprint density at radius 3 is 2.56 bits per heavy atom. The first-order valence-electron chi connectivity index (χ1n) is 10.3. The van der Waals surface area contributed by atoms with E-state index >= 15 is 0 Å². The first kappa shape index (κ1) is 19.3. The molecule has 5 nitrogen and oxygen atoms in total. The molecule has 4 rings (SSSR count). The highest BCUT2D eigenvalue weighted by Gasteiger charge is 2.50. The molecule has 2 aliphatic heterocycles. The zero-order valence-corrected chi connectivity index (χ0v) is 16.5. The van der Waals surface area contributed by atoms with Crippen molar-refractivity contribution >= 4 is 0 Å². The molecule has 0 radical (unpaired) electrons. The fourth-order valence-electron chi connectivity index (χ4n) is 4.70. The molecule has 0 N–H and O–H groups in total. The minimum Gasteiger partial charge on any atom is -0.378 e. The lowest BCUT2D eigenvalue weighted by atomic mass is 9.90. The Kier molecular flexibility index (Phi) is 6.15. The van der Waals surface area contributed by atoms with E-state index in [0.717, 1.165) is 18.4 Å². The smallest absolute Gasteiger partial charge is 0.169 e. The minimum absolute atomic E-state index is 0.0148. The lowest BCUT2D eigenvalue weighted by molar-refractivity contribution is -0.241. The minimum atomic E-state index is -0.401. The van der Waals surface area contributed by atoms with Crippen molar-refractivity contribution in [1.29, 1.82) is 0 Å². The number of hydrogen-bond donors (Lipinski definition) is 0. The Bertz CT molecular complexity index is 586. The molecule has 1 spiro atoms. The average molecular weight is 376 g/mol. The number of rotatable bonds is 5. The molecule has 150 valence electrons. The van der Waals surface area contributed by atoms with Gasteiger partial charge in [0.1, 0.15) is 18.3 Å². The van der Waals surface area contributed by atoms with Crippen molar-refractivity contribution in [2.24, 2.45) is 5.92 Å². The summed E-state index contributed by atoms with van der Waals surface area (Å²) in [6.45, 7) is 3.91. The first-order valence-corrected chi connectivity index (χ1v) is 10.3. The second kappa shape index (κ2) is 8.58. The van der Waals surface area contributed by atoms with E-state index in [0.29, 0.717) is 19.8 Å². The van der Waals surface area contributed by atoms with Crippen LogP contribution < -0.4 is 0 Å². The summed E-state index contributed by atoms with van der Waals surface area (Å²) >= 11 is 0. The van der Waals surface area contributed by atoms with Crippen LogP contribution in [0.3, 0.4) is 0 Å². The molecular formula is C22H32O5. The van der Waals surface area contributed by atoms with Crippen LogP contribution in [0.4, 0.5) is 0 Å². The fraction of sp³-hybridized carbons (Fsp3) is 0.727. The van der Waals surface area contributed by atoms with Gasteiger partial charge in [0.15, 0.2) is 5.79 Å². The summed E-state index contributed by atoms with van der Waals surface area (Å²) in [7, 11) is 1.76. The molecule has 5 heteroatoms. The molecule has 2 heterocycles. The van der Waals surface area contributed by atoms with Gasteiger partial charge in [-0.1, -0.05) is 43.7 Å². The van der Waals surface area contributed by atoms with Gasteiger partial charge in [-0.05, 0) is 18.4 Å². The van der Waals surface area contributed by atoms with Crippen LogP contribution in [0.1, 0.15) is 44.6 Å². The van der Waals surface area contributed by atoms with Crippen molar-refractivity contribution in [3.8, 4) is 0 Å². The normalized spacial score (nSPS) is 36.1. The summed E-state index contributed by atoms with van der Waals surface area (Å²) in [5, 5.41) is 0. The van der Waals surface area contributed by atoms with Crippen molar-refractivity contribution in [3.63, 3.8) is 0 Å². The summed E-state index contributed by atoms with van der Waals surface area (Å²) in [6, 6.07) is 10.2. The molecule has 0 amide bonds. The molecule has 0 bridgehead atoms. The molecule has 1 aromatic carbocycles. The molecule has 1 saturated carbocycles. The largest absolute Gasteiger partial charge is 0.378 e. The van der Waals surface area contributed by atoms with E-state index in [9.17, 15) is 0 Å². The van der Waals surface area contributed by atoms with Gasteiger partial charge in [0.05, 0.1) is 25.9 Å². The number of benzene rings is 1. The third-order valence-electron chi connectivity index (χ3n) is 6.18. The van der Waals surface area contributed by atoms with E-state index < -0.39 is 5.79 Å². The standard InChI is InChI=1S/C22H32O5/c1-16-13-24-20(18-15-26-22(27-18)11-7-4-8-12-22)21(19(16)23-2)25-14-17-9-5-3-6-10-17/h3,5-6,9-10,16,18-21H,4,7-8,11-15H2,1-2H3/t16-,18+,19-,20-,21+/m0/s1. The van der Waals surface area contributed by atoms with Gasteiger partial charge >= 0.3 is 0 Å². The van der Waals surface area contributed by atoms with Crippen LogP contribution in [0, 0.1) is 5.92 Å². The van der Waals surface area contributed by atoms with Crippen molar-refractivity contribution in [3.05, 3.63) is 35.9 Å². The highest BCUT2D eigenvalue weighted by molar-refractivity contribution is 5.13. The summed E-state index contributed by atoms with van der Waals surface area (Å²) < 4.78 is 31.0.